The molecule has 0 radical (unpaired) electrons. The highest BCUT2D eigenvalue weighted by Crippen LogP contribution is 2.19. The van der Waals surface area contributed by atoms with E-state index in [0.717, 1.165) is 11.3 Å². The minimum Gasteiger partial charge on any atom is -0.466 e. The van der Waals surface area contributed by atoms with Crippen molar-refractivity contribution in [3.63, 3.8) is 0 Å². The molecule has 0 saturated heterocycles. The van der Waals surface area contributed by atoms with Gasteiger partial charge in [0.2, 0.25) is 0 Å². The smallest absolute Gasteiger partial charge is 0.143 e. The van der Waals surface area contributed by atoms with E-state index in [2.05, 4.69) is 0 Å². The Morgan fingerprint density at radius 3 is 2.09 bits per heavy atom. The van der Waals surface area contributed by atoms with Crippen molar-refractivity contribution in [2.24, 2.45) is 5.92 Å². The van der Waals surface area contributed by atoms with Crippen molar-refractivity contribution in [3.8, 4) is 0 Å². The molecule has 0 N–H and O–H groups in total. The van der Waals surface area contributed by atoms with Crippen LogP contribution in [0.4, 0.5) is 0 Å². The standard InChI is InChI=1S/C19H21ClO3/c1-3-18(21)17(19(22)4-2)12-16-10-9-15(23-16)11-13-5-7-14(20)8-6-13/h5-10,17H,3-4,11-12H2,1-2H3. The minimum absolute atomic E-state index is 0.0208. The molecule has 122 valence electrons. The summed E-state index contributed by atoms with van der Waals surface area (Å²) in [6, 6.07) is 11.3. The van der Waals surface area contributed by atoms with Gasteiger partial charge in [-0.15, -0.1) is 0 Å². The number of furan rings is 1. The number of ketones is 2. The summed E-state index contributed by atoms with van der Waals surface area (Å²) in [5, 5.41) is 0.702. The van der Waals surface area contributed by atoms with Crippen molar-refractivity contribution in [2.45, 2.75) is 39.5 Å². The van der Waals surface area contributed by atoms with E-state index in [1.54, 1.807) is 13.8 Å². The second-order valence-electron chi connectivity index (χ2n) is 5.57. The summed E-state index contributed by atoms with van der Waals surface area (Å²) in [6.07, 6.45) is 1.74. The predicted octanol–water partition coefficient (Wildman–Crippen LogP) is 4.64. The minimum atomic E-state index is -0.584. The molecule has 4 heteroatoms. The number of hydrogen-bond acceptors (Lipinski definition) is 3. The van der Waals surface area contributed by atoms with Crippen LogP contribution in [0.2, 0.25) is 5.02 Å². The molecule has 0 fully saturated rings. The first-order valence-electron chi connectivity index (χ1n) is 7.91. The monoisotopic (exact) mass is 332 g/mol. The summed E-state index contributed by atoms with van der Waals surface area (Å²) in [7, 11) is 0. The maximum absolute atomic E-state index is 12.0. The third kappa shape index (κ3) is 4.80. The number of rotatable bonds is 8. The Balaban J connectivity index is 2.07. The molecule has 23 heavy (non-hydrogen) atoms. The normalized spacial score (nSPS) is 11.0. The molecular formula is C19H21ClO3. The molecular weight excluding hydrogens is 312 g/mol. The number of benzene rings is 1. The van der Waals surface area contributed by atoms with Gasteiger partial charge in [-0.25, -0.2) is 0 Å². The van der Waals surface area contributed by atoms with Crippen molar-refractivity contribution in [3.05, 3.63) is 58.5 Å². The maximum atomic E-state index is 12.0. The largest absolute Gasteiger partial charge is 0.466 e. The molecule has 1 heterocycles. The summed E-state index contributed by atoms with van der Waals surface area (Å²) in [4.78, 5) is 23.9. The van der Waals surface area contributed by atoms with E-state index >= 15 is 0 Å². The van der Waals surface area contributed by atoms with Crippen LogP contribution < -0.4 is 0 Å². The highest BCUT2D eigenvalue weighted by molar-refractivity contribution is 6.30. The summed E-state index contributed by atoms with van der Waals surface area (Å²) < 4.78 is 5.80. The van der Waals surface area contributed by atoms with Crippen molar-refractivity contribution in [1.29, 1.82) is 0 Å². The van der Waals surface area contributed by atoms with Gasteiger partial charge in [-0.3, -0.25) is 9.59 Å². The molecule has 0 saturated carbocycles. The molecule has 1 aromatic carbocycles. The Kier molecular flexibility index (Phi) is 6.17. The van der Waals surface area contributed by atoms with Crippen LogP contribution in [0.5, 0.6) is 0 Å². The Hall–Kier alpha value is -1.87. The molecule has 0 aliphatic rings. The van der Waals surface area contributed by atoms with Gasteiger partial charge in [0.15, 0.2) is 0 Å². The molecule has 0 aliphatic heterocycles. The zero-order valence-electron chi connectivity index (χ0n) is 13.5. The molecule has 2 rings (SSSR count). The van der Waals surface area contributed by atoms with Gasteiger partial charge in [-0.1, -0.05) is 37.6 Å². The average Bonchev–Trinajstić information content (AvgIpc) is 3.00. The van der Waals surface area contributed by atoms with E-state index in [9.17, 15) is 9.59 Å². The summed E-state index contributed by atoms with van der Waals surface area (Å²) in [6.45, 7) is 3.57. The fraction of sp³-hybridized carbons (Fsp3) is 0.368. The third-order valence-corrected chi connectivity index (χ3v) is 4.14. The van der Waals surface area contributed by atoms with Gasteiger partial charge >= 0.3 is 0 Å². The zero-order chi connectivity index (χ0) is 16.8. The third-order valence-electron chi connectivity index (χ3n) is 3.89. The van der Waals surface area contributed by atoms with Crippen molar-refractivity contribution in [2.75, 3.05) is 0 Å². The Morgan fingerprint density at radius 1 is 0.957 bits per heavy atom. The number of halogens is 1. The van der Waals surface area contributed by atoms with Crippen LogP contribution in [0.1, 0.15) is 43.8 Å². The second kappa shape index (κ2) is 8.11. The second-order valence-corrected chi connectivity index (χ2v) is 6.00. The lowest BCUT2D eigenvalue weighted by molar-refractivity contribution is -0.132. The van der Waals surface area contributed by atoms with E-state index in [1.807, 2.05) is 36.4 Å². The van der Waals surface area contributed by atoms with E-state index in [1.165, 1.54) is 0 Å². The first-order valence-corrected chi connectivity index (χ1v) is 8.28. The van der Waals surface area contributed by atoms with Gasteiger partial charge in [-0.05, 0) is 29.8 Å². The van der Waals surface area contributed by atoms with Gasteiger partial charge in [0.05, 0.1) is 5.92 Å². The lowest BCUT2D eigenvalue weighted by atomic mass is 9.91. The first kappa shape index (κ1) is 17.5. The predicted molar refractivity (Wildman–Crippen MR) is 90.8 cm³/mol. The fourth-order valence-corrected chi connectivity index (χ4v) is 2.66. The van der Waals surface area contributed by atoms with Crippen LogP contribution in [-0.4, -0.2) is 11.6 Å². The Labute approximate surface area is 141 Å². The first-order chi connectivity index (χ1) is 11.0. The van der Waals surface area contributed by atoms with Crippen LogP contribution in [0.15, 0.2) is 40.8 Å². The van der Waals surface area contributed by atoms with Crippen LogP contribution in [0.3, 0.4) is 0 Å². The molecule has 3 nitrogen and oxygen atoms in total. The fourth-order valence-electron chi connectivity index (χ4n) is 2.53. The van der Waals surface area contributed by atoms with Crippen LogP contribution >= 0.6 is 11.6 Å². The molecule has 0 atom stereocenters. The highest BCUT2D eigenvalue weighted by atomic mass is 35.5. The lowest BCUT2D eigenvalue weighted by Gasteiger charge is -2.11. The zero-order valence-corrected chi connectivity index (χ0v) is 14.2. The van der Waals surface area contributed by atoms with Crippen molar-refractivity contribution in [1.82, 2.24) is 0 Å². The topological polar surface area (TPSA) is 47.3 Å². The number of hydrogen-bond donors (Lipinski definition) is 0. The van der Waals surface area contributed by atoms with E-state index in [0.29, 0.717) is 36.5 Å². The lowest BCUT2D eigenvalue weighted by Crippen LogP contribution is -2.25. The van der Waals surface area contributed by atoms with Gasteiger partial charge in [0, 0.05) is 30.7 Å². The van der Waals surface area contributed by atoms with Crippen molar-refractivity contribution < 1.29 is 14.0 Å². The molecule has 2 aromatic rings. The molecule has 0 spiro atoms. The molecule has 0 aliphatic carbocycles. The molecule has 1 aromatic heterocycles. The van der Waals surface area contributed by atoms with Crippen LogP contribution in [-0.2, 0) is 22.4 Å². The Bertz CT molecular complexity index is 654. The summed E-state index contributed by atoms with van der Waals surface area (Å²) in [5.74, 6) is 0.871. The van der Waals surface area contributed by atoms with E-state index in [-0.39, 0.29) is 11.6 Å². The van der Waals surface area contributed by atoms with Crippen molar-refractivity contribution >= 4 is 23.2 Å². The van der Waals surface area contributed by atoms with Gasteiger partial charge in [0.1, 0.15) is 23.1 Å². The highest BCUT2D eigenvalue weighted by Gasteiger charge is 2.25. The number of carbonyl (C=O) groups is 2. The SMILES string of the molecule is CCC(=O)C(Cc1ccc(Cc2ccc(Cl)cc2)o1)C(=O)CC. The average molecular weight is 333 g/mol. The van der Waals surface area contributed by atoms with E-state index < -0.39 is 5.92 Å². The quantitative estimate of drug-likeness (QED) is 0.661. The number of carbonyl (C=O) groups excluding carboxylic acids is 2. The summed E-state index contributed by atoms with van der Waals surface area (Å²) >= 11 is 5.88. The van der Waals surface area contributed by atoms with Gasteiger partial charge in [0.25, 0.3) is 0 Å². The summed E-state index contributed by atoms with van der Waals surface area (Å²) in [5.41, 5.74) is 1.10. The van der Waals surface area contributed by atoms with Gasteiger partial charge < -0.3 is 4.42 Å². The molecule has 0 bridgehead atoms. The van der Waals surface area contributed by atoms with Crippen LogP contribution in [0.25, 0.3) is 0 Å². The molecule has 0 unspecified atom stereocenters. The van der Waals surface area contributed by atoms with Crippen LogP contribution in [0, 0.1) is 5.92 Å². The van der Waals surface area contributed by atoms with E-state index in [4.69, 9.17) is 16.0 Å². The number of Topliss-reactive ketones (excluding diaryl/α,β-unsaturated/α-hetero) is 2. The maximum Gasteiger partial charge on any atom is 0.143 e. The Morgan fingerprint density at radius 2 is 1.52 bits per heavy atom. The van der Waals surface area contributed by atoms with Gasteiger partial charge in [-0.2, -0.15) is 0 Å². The molecule has 0 amide bonds.